The summed E-state index contributed by atoms with van der Waals surface area (Å²) in [5, 5.41) is 8.07. The van der Waals surface area contributed by atoms with Crippen molar-refractivity contribution in [3.05, 3.63) is 0 Å². The Morgan fingerprint density at radius 1 is 1.29 bits per heavy atom. The highest BCUT2D eigenvalue weighted by molar-refractivity contribution is 7.45. The first-order chi connectivity index (χ1) is 7.81. The van der Waals surface area contributed by atoms with Crippen LogP contribution in [0.4, 0.5) is 0 Å². The molecule has 0 spiro atoms. The molecule has 1 atom stereocenters. The van der Waals surface area contributed by atoms with Gasteiger partial charge >= 0.3 is 7.82 Å². The van der Waals surface area contributed by atoms with E-state index in [-0.39, 0.29) is 0 Å². The Balaban J connectivity index is 0. The molecule has 4 N–H and O–H groups in total. The Morgan fingerprint density at radius 3 is 1.59 bits per heavy atom. The lowest BCUT2D eigenvalue weighted by atomic mass is 10.4. The molecule has 2 fully saturated rings. The monoisotopic (exact) mass is 274 g/mol. The summed E-state index contributed by atoms with van der Waals surface area (Å²) in [5.41, 5.74) is 0. The van der Waals surface area contributed by atoms with E-state index in [1.807, 2.05) is 0 Å². The van der Waals surface area contributed by atoms with Gasteiger partial charge in [-0.1, -0.05) is 13.3 Å². The number of epoxide rings is 2. The van der Waals surface area contributed by atoms with Gasteiger partial charge in [-0.25, -0.2) is 4.57 Å². The van der Waals surface area contributed by atoms with Crippen molar-refractivity contribution < 1.29 is 33.8 Å². The maximum Gasteiger partial charge on any atom is 0.466 e. The highest BCUT2D eigenvalue weighted by Crippen LogP contribution is 2.25. The van der Waals surface area contributed by atoms with Crippen molar-refractivity contribution >= 4 is 7.82 Å². The van der Waals surface area contributed by atoms with Crippen molar-refractivity contribution in [2.24, 2.45) is 0 Å². The molecule has 0 radical (unpaired) electrons. The summed E-state index contributed by atoms with van der Waals surface area (Å²) in [5.74, 6) is 0. The molecular formula is C9H23O7P. The second-order valence-corrected chi connectivity index (χ2v) is 4.37. The van der Waals surface area contributed by atoms with Crippen LogP contribution < -0.4 is 0 Å². The van der Waals surface area contributed by atoms with Gasteiger partial charge in [-0.05, 0) is 13.3 Å². The second-order valence-electron chi connectivity index (χ2n) is 3.35. The summed E-state index contributed by atoms with van der Waals surface area (Å²) < 4.78 is 18.1. The Hall–Kier alpha value is -0.0100. The lowest BCUT2D eigenvalue weighted by Crippen LogP contribution is -1.75. The van der Waals surface area contributed by atoms with Gasteiger partial charge in [-0.15, -0.1) is 0 Å². The zero-order valence-electron chi connectivity index (χ0n) is 10.3. The lowest BCUT2D eigenvalue weighted by Gasteiger charge is -1.82. The van der Waals surface area contributed by atoms with Crippen LogP contribution in [0.5, 0.6) is 0 Å². The molecule has 0 aromatic carbocycles. The standard InChI is InChI=1S/C4H10O.C3H6O.C2H4O.H3O4P/c1-2-3-4-5;1-3-2-4-3;1-2-3-1;1-5(2,3)4/h5H,2-4H2,1H3;3H,2H2,1H3;1-2H2;(H3,1,2,3,4). The van der Waals surface area contributed by atoms with Gasteiger partial charge in [-0.3, -0.25) is 0 Å². The number of phosphoric acid groups is 1. The van der Waals surface area contributed by atoms with Gasteiger partial charge in [0.15, 0.2) is 0 Å². The van der Waals surface area contributed by atoms with Gasteiger partial charge in [0, 0.05) is 6.61 Å². The predicted molar refractivity (Wildman–Crippen MR) is 62.5 cm³/mol. The highest BCUT2D eigenvalue weighted by Gasteiger charge is 2.13. The summed E-state index contributed by atoms with van der Waals surface area (Å²) >= 11 is 0. The highest BCUT2D eigenvalue weighted by atomic mass is 31.2. The van der Waals surface area contributed by atoms with Crippen molar-refractivity contribution in [2.45, 2.75) is 32.8 Å². The van der Waals surface area contributed by atoms with E-state index in [1.54, 1.807) is 0 Å². The lowest BCUT2D eigenvalue weighted by molar-refractivity contribution is 0.275. The first kappa shape index (κ1) is 19.3. The molecule has 2 heterocycles. The van der Waals surface area contributed by atoms with Crippen molar-refractivity contribution in [3.63, 3.8) is 0 Å². The molecule has 0 saturated carbocycles. The van der Waals surface area contributed by atoms with Crippen LogP contribution in [0.15, 0.2) is 0 Å². The molecular weight excluding hydrogens is 251 g/mol. The minimum Gasteiger partial charge on any atom is -0.396 e. The van der Waals surface area contributed by atoms with Crippen LogP contribution in [-0.4, -0.2) is 52.3 Å². The maximum absolute atomic E-state index is 8.88. The summed E-state index contributed by atoms with van der Waals surface area (Å²) in [6.45, 7) is 7.44. The van der Waals surface area contributed by atoms with Gasteiger partial charge < -0.3 is 29.3 Å². The number of aliphatic hydroxyl groups is 1. The molecule has 2 saturated heterocycles. The SMILES string of the molecule is C1CO1.CC1CO1.CCCCO.O=P(O)(O)O. The van der Waals surface area contributed by atoms with Crippen LogP contribution in [-0.2, 0) is 14.0 Å². The number of hydrogen-bond acceptors (Lipinski definition) is 4. The van der Waals surface area contributed by atoms with E-state index >= 15 is 0 Å². The number of ether oxygens (including phenoxy) is 2. The van der Waals surface area contributed by atoms with Crippen molar-refractivity contribution in [3.8, 4) is 0 Å². The topological polar surface area (TPSA) is 123 Å². The Labute approximate surface area is 102 Å². The summed E-state index contributed by atoms with van der Waals surface area (Å²) in [7, 11) is -4.64. The average Bonchev–Trinajstić information content (AvgIpc) is 2.99. The van der Waals surface area contributed by atoms with Gasteiger partial charge in [0.25, 0.3) is 0 Å². The third-order valence-corrected chi connectivity index (χ3v) is 1.22. The zero-order chi connectivity index (χ0) is 13.7. The molecule has 7 nitrogen and oxygen atoms in total. The van der Waals surface area contributed by atoms with E-state index in [9.17, 15) is 0 Å². The quantitative estimate of drug-likeness (QED) is 0.421. The first-order valence-electron chi connectivity index (χ1n) is 5.39. The van der Waals surface area contributed by atoms with Crippen molar-refractivity contribution in [1.29, 1.82) is 0 Å². The van der Waals surface area contributed by atoms with E-state index in [0.29, 0.717) is 12.7 Å². The minimum absolute atomic E-state index is 0.344. The summed E-state index contributed by atoms with van der Waals surface area (Å²) in [6.07, 6.45) is 2.62. The smallest absolute Gasteiger partial charge is 0.396 e. The average molecular weight is 274 g/mol. The van der Waals surface area contributed by atoms with Crippen LogP contribution in [0.2, 0.25) is 0 Å². The number of unbranched alkanes of at least 4 members (excludes halogenated alkanes) is 1. The second kappa shape index (κ2) is 12.4. The summed E-state index contributed by atoms with van der Waals surface area (Å²) in [4.78, 5) is 21.6. The molecule has 0 amide bonds. The van der Waals surface area contributed by atoms with Crippen LogP contribution in [0.25, 0.3) is 0 Å². The first-order valence-corrected chi connectivity index (χ1v) is 6.96. The van der Waals surface area contributed by atoms with Crippen LogP contribution >= 0.6 is 7.82 Å². The zero-order valence-corrected chi connectivity index (χ0v) is 11.2. The third kappa shape index (κ3) is 87.2. The van der Waals surface area contributed by atoms with E-state index in [2.05, 4.69) is 18.6 Å². The Morgan fingerprint density at radius 2 is 1.59 bits per heavy atom. The van der Waals surface area contributed by atoms with E-state index in [1.165, 1.54) is 0 Å². The molecule has 106 valence electrons. The molecule has 2 aliphatic rings. The molecule has 0 aliphatic carbocycles. The molecule has 2 aliphatic heterocycles. The van der Waals surface area contributed by atoms with E-state index in [0.717, 1.165) is 32.7 Å². The predicted octanol–water partition coefficient (Wildman–Crippen LogP) is 0.272. The normalized spacial score (nSPS) is 19.5. The van der Waals surface area contributed by atoms with Gasteiger partial charge in [-0.2, -0.15) is 0 Å². The molecule has 17 heavy (non-hydrogen) atoms. The van der Waals surface area contributed by atoms with Gasteiger partial charge in [0.1, 0.15) is 0 Å². The number of rotatable bonds is 2. The van der Waals surface area contributed by atoms with Crippen LogP contribution in [0, 0.1) is 0 Å². The molecule has 0 bridgehead atoms. The van der Waals surface area contributed by atoms with Crippen molar-refractivity contribution in [1.82, 2.24) is 0 Å². The third-order valence-electron chi connectivity index (χ3n) is 1.22. The summed E-state index contributed by atoms with van der Waals surface area (Å²) in [6, 6.07) is 0. The Kier molecular flexibility index (Phi) is 14.2. The maximum atomic E-state index is 8.88. The van der Waals surface area contributed by atoms with E-state index < -0.39 is 7.82 Å². The fourth-order valence-electron chi connectivity index (χ4n) is 0.254. The largest absolute Gasteiger partial charge is 0.466 e. The molecule has 2 rings (SSSR count). The van der Waals surface area contributed by atoms with E-state index in [4.69, 9.17) is 29.1 Å². The minimum atomic E-state index is -4.64. The molecule has 0 aromatic rings. The molecule has 0 aromatic heterocycles. The van der Waals surface area contributed by atoms with Crippen LogP contribution in [0.1, 0.15) is 26.7 Å². The number of aliphatic hydroxyl groups excluding tert-OH is 1. The number of hydrogen-bond donors (Lipinski definition) is 4. The van der Waals surface area contributed by atoms with Gasteiger partial charge in [0.05, 0.1) is 25.9 Å². The fourth-order valence-corrected chi connectivity index (χ4v) is 0.254. The van der Waals surface area contributed by atoms with Gasteiger partial charge in [0.2, 0.25) is 0 Å². The molecule has 8 heteroatoms. The van der Waals surface area contributed by atoms with Crippen LogP contribution in [0.3, 0.4) is 0 Å². The fraction of sp³-hybridized carbons (Fsp3) is 1.00. The Bertz CT molecular complexity index is 175. The van der Waals surface area contributed by atoms with Crippen molar-refractivity contribution in [2.75, 3.05) is 26.4 Å². The molecule has 1 unspecified atom stereocenters.